The van der Waals surface area contributed by atoms with Gasteiger partial charge in [-0.15, -0.1) is 0 Å². The average molecular weight is 338 g/mol. The Labute approximate surface area is 147 Å². The molecule has 5 nitrogen and oxygen atoms in total. The second-order valence-corrected chi connectivity index (χ2v) is 5.92. The van der Waals surface area contributed by atoms with Gasteiger partial charge in [0.25, 0.3) is 5.91 Å². The van der Waals surface area contributed by atoms with Crippen LogP contribution in [0.4, 0.5) is 11.4 Å². The Morgan fingerprint density at radius 3 is 2.48 bits per heavy atom. The molecule has 2 amide bonds. The van der Waals surface area contributed by atoms with Crippen LogP contribution >= 0.6 is 0 Å². The van der Waals surface area contributed by atoms with E-state index in [4.69, 9.17) is 4.74 Å². The molecule has 1 aliphatic heterocycles. The molecule has 0 aliphatic carbocycles. The first-order valence-electron chi connectivity index (χ1n) is 8.58. The Bertz CT molecular complexity index is 771. The highest BCUT2D eigenvalue weighted by Gasteiger charge is 2.40. The number of rotatable bonds is 6. The van der Waals surface area contributed by atoms with E-state index in [1.165, 1.54) is 10.5 Å². The van der Waals surface area contributed by atoms with E-state index in [1.807, 2.05) is 37.3 Å². The number of anilines is 2. The third-order valence-corrected chi connectivity index (χ3v) is 4.26. The molecule has 2 aromatic carbocycles. The first-order valence-corrected chi connectivity index (χ1v) is 8.58. The SMILES string of the molecule is CCOc1ccccc1N1C(=O)CC(Nc2ccc(CC)cc2)C1=O. The topological polar surface area (TPSA) is 58.6 Å². The van der Waals surface area contributed by atoms with Crippen LogP contribution in [-0.2, 0) is 16.0 Å². The van der Waals surface area contributed by atoms with Crippen LogP contribution < -0.4 is 15.0 Å². The van der Waals surface area contributed by atoms with Crippen molar-refractivity contribution in [2.24, 2.45) is 0 Å². The predicted molar refractivity (Wildman–Crippen MR) is 98.0 cm³/mol. The number of hydrogen-bond donors (Lipinski definition) is 1. The van der Waals surface area contributed by atoms with Gasteiger partial charge in [-0.05, 0) is 43.2 Å². The lowest BCUT2D eigenvalue weighted by Gasteiger charge is -2.19. The van der Waals surface area contributed by atoms with Crippen molar-refractivity contribution in [3.63, 3.8) is 0 Å². The number of hydrogen-bond acceptors (Lipinski definition) is 4. The quantitative estimate of drug-likeness (QED) is 0.820. The third-order valence-electron chi connectivity index (χ3n) is 4.26. The first-order chi connectivity index (χ1) is 12.1. The molecule has 25 heavy (non-hydrogen) atoms. The fraction of sp³-hybridized carbons (Fsp3) is 0.300. The highest BCUT2D eigenvalue weighted by molar-refractivity contribution is 6.23. The molecule has 1 aliphatic rings. The summed E-state index contributed by atoms with van der Waals surface area (Å²) in [7, 11) is 0. The van der Waals surface area contributed by atoms with Gasteiger partial charge in [-0.1, -0.05) is 31.2 Å². The molecule has 5 heteroatoms. The highest BCUT2D eigenvalue weighted by Crippen LogP contribution is 2.32. The van der Waals surface area contributed by atoms with Crippen molar-refractivity contribution in [1.29, 1.82) is 0 Å². The van der Waals surface area contributed by atoms with E-state index in [0.29, 0.717) is 18.0 Å². The molecule has 2 aromatic rings. The fourth-order valence-electron chi connectivity index (χ4n) is 2.96. The number of aryl methyl sites for hydroxylation is 1. The summed E-state index contributed by atoms with van der Waals surface area (Å²) >= 11 is 0. The van der Waals surface area contributed by atoms with Gasteiger partial charge in [0, 0.05) is 5.69 Å². The van der Waals surface area contributed by atoms with Gasteiger partial charge in [-0.3, -0.25) is 9.59 Å². The summed E-state index contributed by atoms with van der Waals surface area (Å²) in [4.78, 5) is 26.5. The smallest absolute Gasteiger partial charge is 0.256 e. The number of amides is 2. The minimum atomic E-state index is -0.561. The van der Waals surface area contributed by atoms with Crippen LogP contribution in [0.25, 0.3) is 0 Å². The summed E-state index contributed by atoms with van der Waals surface area (Å²) in [5, 5.41) is 3.17. The molecular weight excluding hydrogens is 316 g/mol. The lowest BCUT2D eigenvalue weighted by atomic mass is 10.1. The maximum Gasteiger partial charge on any atom is 0.256 e. The van der Waals surface area contributed by atoms with Crippen LogP contribution in [0.5, 0.6) is 5.75 Å². The molecule has 0 spiro atoms. The van der Waals surface area contributed by atoms with Crippen molar-refractivity contribution >= 4 is 23.2 Å². The Hall–Kier alpha value is -2.82. The lowest BCUT2D eigenvalue weighted by Crippen LogP contribution is -2.35. The van der Waals surface area contributed by atoms with Crippen LogP contribution in [0.15, 0.2) is 48.5 Å². The summed E-state index contributed by atoms with van der Waals surface area (Å²) in [6, 6.07) is 14.5. The first kappa shape index (κ1) is 17.0. The van der Waals surface area contributed by atoms with Gasteiger partial charge < -0.3 is 10.1 Å². The van der Waals surface area contributed by atoms with Crippen molar-refractivity contribution in [3.05, 3.63) is 54.1 Å². The van der Waals surface area contributed by atoms with Gasteiger partial charge in [-0.2, -0.15) is 0 Å². The second-order valence-electron chi connectivity index (χ2n) is 5.92. The van der Waals surface area contributed by atoms with E-state index in [2.05, 4.69) is 12.2 Å². The maximum atomic E-state index is 12.8. The molecule has 0 bridgehead atoms. The molecule has 1 fully saturated rings. The van der Waals surface area contributed by atoms with Gasteiger partial charge in [-0.25, -0.2) is 4.90 Å². The molecule has 1 heterocycles. The van der Waals surface area contributed by atoms with Gasteiger partial charge >= 0.3 is 0 Å². The Morgan fingerprint density at radius 1 is 1.08 bits per heavy atom. The van der Waals surface area contributed by atoms with Crippen LogP contribution in [0.3, 0.4) is 0 Å². The third kappa shape index (κ3) is 3.50. The van der Waals surface area contributed by atoms with Crippen molar-refractivity contribution in [2.75, 3.05) is 16.8 Å². The fourth-order valence-corrected chi connectivity index (χ4v) is 2.96. The lowest BCUT2D eigenvalue weighted by molar-refractivity contribution is -0.121. The van der Waals surface area contributed by atoms with Crippen LogP contribution in [0, 0.1) is 0 Å². The summed E-state index contributed by atoms with van der Waals surface area (Å²) in [6.07, 6.45) is 1.10. The van der Waals surface area contributed by atoms with E-state index in [-0.39, 0.29) is 18.2 Å². The molecule has 130 valence electrons. The van der Waals surface area contributed by atoms with Crippen molar-refractivity contribution in [1.82, 2.24) is 0 Å². The molecular formula is C20H22N2O3. The zero-order chi connectivity index (χ0) is 17.8. The van der Waals surface area contributed by atoms with Gasteiger partial charge in [0.05, 0.1) is 18.7 Å². The maximum absolute atomic E-state index is 12.8. The average Bonchev–Trinajstić information content (AvgIpc) is 2.90. The molecule has 1 N–H and O–H groups in total. The molecule has 1 atom stereocenters. The number of carbonyl (C=O) groups excluding carboxylic acids is 2. The molecule has 0 saturated carbocycles. The summed E-state index contributed by atoms with van der Waals surface area (Å²) < 4.78 is 5.56. The van der Waals surface area contributed by atoms with E-state index in [1.54, 1.807) is 18.2 Å². The number of benzene rings is 2. The van der Waals surface area contributed by atoms with Gasteiger partial charge in [0.1, 0.15) is 11.8 Å². The molecule has 3 rings (SSSR count). The highest BCUT2D eigenvalue weighted by atomic mass is 16.5. The number of ether oxygens (including phenoxy) is 1. The van der Waals surface area contributed by atoms with Gasteiger partial charge in [0.2, 0.25) is 5.91 Å². The van der Waals surface area contributed by atoms with Gasteiger partial charge in [0.15, 0.2) is 0 Å². The van der Waals surface area contributed by atoms with E-state index >= 15 is 0 Å². The number of nitrogens with zero attached hydrogens (tertiary/aromatic N) is 1. The normalized spacial score (nSPS) is 17.0. The van der Waals surface area contributed by atoms with Crippen LogP contribution in [-0.4, -0.2) is 24.5 Å². The van der Waals surface area contributed by atoms with Crippen molar-refractivity contribution < 1.29 is 14.3 Å². The summed E-state index contributed by atoms with van der Waals surface area (Å²) in [5.74, 6) is 0.0659. The summed E-state index contributed by atoms with van der Waals surface area (Å²) in [6.45, 7) is 4.43. The van der Waals surface area contributed by atoms with E-state index < -0.39 is 6.04 Å². The van der Waals surface area contributed by atoms with Crippen LogP contribution in [0.1, 0.15) is 25.8 Å². The van der Waals surface area contributed by atoms with E-state index in [9.17, 15) is 9.59 Å². The predicted octanol–water partition coefficient (Wildman–Crippen LogP) is 3.39. The molecule has 0 aromatic heterocycles. The standard InChI is InChI=1S/C20H22N2O3/c1-3-14-9-11-15(12-10-14)21-16-13-19(23)22(20(16)24)17-7-5-6-8-18(17)25-4-2/h5-12,16,21H,3-4,13H2,1-2H3. The van der Waals surface area contributed by atoms with Crippen molar-refractivity contribution in [3.8, 4) is 5.75 Å². The second kappa shape index (κ2) is 7.38. The Balaban J connectivity index is 1.80. The zero-order valence-electron chi connectivity index (χ0n) is 14.5. The monoisotopic (exact) mass is 338 g/mol. The molecule has 0 radical (unpaired) electrons. The number of imide groups is 1. The van der Waals surface area contributed by atoms with E-state index in [0.717, 1.165) is 12.1 Å². The largest absolute Gasteiger partial charge is 0.492 e. The molecule has 1 saturated heterocycles. The number of carbonyl (C=O) groups is 2. The zero-order valence-corrected chi connectivity index (χ0v) is 14.5. The number of para-hydroxylation sites is 2. The Morgan fingerprint density at radius 2 is 1.80 bits per heavy atom. The van der Waals surface area contributed by atoms with Crippen molar-refractivity contribution in [2.45, 2.75) is 32.7 Å². The van der Waals surface area contributed by atoms with Crippen LogP contribution in [0.2, 0.25) is 0 Å². The number of nitrogens with one attached hydrogen (secondary N) is 1. The minimum absolute atomic E-state index is 0.134. The Kier molecular flexibility index (Phi) is 5.03. The molecule has 1 unspecified atom stereocenters. The minimum Gasteiger partial charge on any atom is -0.492 e. The summed E-state index contributed by atoms with van der Waals surface area (Å²) in [5.41, 5.74) is 2.57.